The van der Waals surface area contributed by atoms with Gasteiger partial charge in [0.15, 0.2) is 5.82 Å². The van der Waals surface area contributed by atoms with Crippen molar-refractivity contribution in [1.82, 2.24) is 19.6 Å². The number of benzene rings is 1. The summed E-state index contributed by atoms with van der Waals surface area (Å²) in [7, 11) is 1.51. The Bertz CT molecular complexity index is 1610. The SMILES string of the molecule is CCn1ccc(Nc2cc(-c3ccc(F)c(N4Cc5cc(C(C)(C)C)sc5C4=O)c3CO)nn(C)c2=O)n1. The Morgan fingerprint density at radius 2 is 1.92 bits per heavy atom. The summed E-state index contributed by atoms with van der Waals surface area (Å²) in [6.45, 7) is 8.57. The zero-order valence-electron chi connectivity index (χ0n) is 21.9. The van der Waals surface area contributed by atoms with E-state index < -0.39 is 12.4 Å². The van der Waals surface area contributed by atoms with E-state index in [-0.39, 0.29) is 40.4 Å². The van der Waals surface area contributed by atoms with Gasteiger partial charge in [-0.2, -0.15) is 10.2 Å². The molecule has 3 aromatic heterocycles. The van der Waals surface area contributed by atoms with Gasteiger partial charge in [0.25, 0.3) is 11.5 Å². The van der Waals surface area contributed by atoms with Crippen molar-refractivity contribution in [2.45, 2.75) is 52.8 Å². The fourth-order valence-electron chi connectivity index (χ4n) is 4.51. The minimum Gasteiger partial charge on any atom is -0.392 e. The number of aliphatic hydroxyl groups is 1. The Balaban J connectivity index is 1.56. The van der Waals surface area contributed by atoms with E-state index in [1.165, 1.54) is 40.1 Å². The molecule has 1 aliphatic heterocycles. The Kier molecular flexibility index (Phi) is 6.44. The van der Waals surface area contributed by atoms with Gasteiger partial charge in [-0.1, -0.05) is 20.8 Å². The van der Waals surface area contributed by atoms with Crippen molar-refractivity contribution >= 4 is 34.4 Å². The number of nitrogens with zero attached hydrogens (tertiary/aromatic N) is 5. The van der Waals surface area contributed by atoms with Gasteiger partial charge in [0.05, 0.1) is 29.4 Å². The first-order valence-electron chi connectivity index (χ1n) is 12.3. The van der Waals surface area contributed by atoms with Crippen LogP contribution in [-0.4, -0.2) is 30.6 Å². The first-order chi connectivity index (χ1) is 18.0. The molecule has 198 valence electrons. The van der Waals surface area contributed by atoms with Crippen LogP contribution in [-0.2, 0) is 32.2 Å². The molecule has 11 heteroatoms. The number of aliphatic hydroxyl groups excluding tert-OH is 1. The Morgan fingerprint density at radius 1 is 1.16 bits per heavy atom. The number of hydrogen-bond acceptors (Lipinski definition) is 7. The molecule has 9 nitrogen and oxygen atoms in total. The maximum absolute atomic E-state index is 15.3. The fraction of sp³-hybridized carbons (Fsp3) is 0.333. The highest BCUT2D eigenvalue weighted by Crippen LogP contribution is 2.42. The molecule has 5 rings (SSSR count). The molecular formula is C27H29FN6O3S. The zero-order chi connectivity index (χ0) is 27.4. The number of halogens is 1. The molecule has 2 N–H and O–H groups in total. The summed E-state index contributed by atoms with van der Waals surface area (Å²) in [5.41, 5.74) is 1.59. The van der Waals surface area contributed by atoms with Gasteiger partial charge in [-0.25, -0.2) is 9.07 Å². The molecule has 4 heterocycles. The van der Waals surface area contributed by atoms with E-state index in [1.807, 2.05) is 13.0 Å². The number of fused-ring (bicyclic) bond motifs is 1. The topological polar surface area (TPSA) is 105 Å². The van der Waals surface area contributed by atoms with Crippen LogP contribution in [0.3, 0.4) is 0 Å². The second-order valence-corrected chi connectivity index (χ2v) is 11.3. The molecule has 4 aromatic rings. The molecule has 1 amide bonds. The predicted octanol–water partition coefficient (Wildman–Crippen LogP) is 4.56. The smallest absolute Gasteiger partial charge is 0.290 e. The molecule has 0 atom stereocenters. The standard InChI is InChI=1S/C27H29FN6O3S/c1-6-33-10-9-22(31-33)29-20-12-19(30-32(5)25(20)36)16-7-8-18(28)23(17(16)14-35)34-13-15-11-21(27(2,3)4)38-24(15)26(34)37/h7-12,35H,6,13-14H2,1-5H3,(H,29,31). The number of carbonyl (C=O) groups excluding carboxylic acids is 1. The highest BCUT2D eigenvalue weighted by Gasteiger charge is 2.36. The van der Waals surface area contributed by atoms with E-state index in [1.54, 1.807) is 23.0 Å². The van der Waals surface area contributed by atoms with E-state index in [2.05, 4.69) is 36.3 Å². The summed E-state index contributed by atoms with van der Waals surface area (Å²) >= 11 is 1.42. The van der Waals surface area contributed by atoms with Crippen LogP contribution in [0.5, 0.6) is 0 Å². The Hall–Kier alpha value is -3.83. The molecular weight excluding hydrogens is 507 g/mol. The van der Waals surface area contributed by atoms with Crippen LogP contribution >= 0.6 is 11.3 Å². The van der Waals surface area contributed by atoms with Gasteiger partial charge >= 0.3 is 0 Å². The van der Waals surface area contributed by atoms with E-state index >= 15 is 4.39 Å². The van der Waals surface area contributed by atoms with Gasteiger partial charge in [0.2, 0.25) is 0 Å². The molecule has 0 unspecified atom stereocenters. The third-order valence-corrected chi connectivity index (χ3v) is 8.14. The number of aryl methyl sites for hydroxylation is 2. The first-order valence-corrected chi connectivity index (χ1v) is 13.1. The quantitative estimate of drug-likeness (QED) is 0.374. The van der Waals surface area contributed by atoms with Gasteiger partial charge in [0, 0.05) is 41.9 Å². The van der Waals surface area contributed by atoms with Gasteiger partial charge in [-0.3, -0.25) is 19.2 Å². The third kappa shape index (κ3) is 4.41. The van der Waals surface area contributed by atoms with Crippen molar-refractivity contribution in [1.29, 1.82) is 0 Å². The summed E-state index contributed by atoms with van der Waals surface area (Å²) in [6, 6.07) is 8.06. The summed E-state index contributed by atoms with van der Waals surface area (Å²) in [5.74, 6) is -0.425. The van der Waals surface area contributed by atoms with Crippen molar-refractivity contribution in [3.8, 4) is 11.3 Å². The highest BCUT2D eigenvalue weighted by atomic mass is 32.1. The van der Waals surface area contributed by atoms with Crippen molar-refractivity contribution in [2.24, 2.45) is 7.05 Å². The van der Waals surface area contributed by atoms with E-state index in [0.717, 1.165) is 10.4 Å². The second-order valence-electron chi connectivity index (χ2n) is 10.2. The Labute approximate surface area is 223 Å². The van der Waals surface area contributed by atoms with E-state index in [4.69, 9.17) is 0 Å². The van der Waals surface area contributed by atoms with Crippen molar-refractivity contribution in [3.63, 3.8) is 0 Å². The number of carbonyl (C=O) groups is 1. The number of amides is 1. The number of aromatic nitrogens is 4. The molecule has 0 saturated carbocycles. The molecule has 0 saturated heterocycles. The summed E-state index contributed by atoms with van der Waals surface area (Å²) in [6.07, 6.45) is 1.79. The van der Waals surface area contributed by atoms with Crippen LogP contribution in [0.2, 0.25) is 0 Å². The van der Waals surface area contributed by atoms with Crippen LogP contribution in [0.25, 0.3) is 11.3 Å². The Morgan fingerprint density at radius 3 is 2.55 bits per heavy atom. The summed E-state index contributed by atoms with van der Waals surface area (Å²) in [5, 5.41) is 22.1. The average molecular weight is 537 g/mol. The molecule has 0 radical (unpaired) electrons. The summed E-state index contributed by atoms with van der Waals surface area (Å²) < 4.78 is 18.2. The first kappa shape index (κ1) is 25.8. The largest absolute Gasteiger partial charge is 0.392 e. The molecule has 0 bridgehead atoms. The lowest BCUT2D eigenvalue weighted by molar-refractivity contribution is 0.0998. The fourth-order valence-corrected chi connectivity index (χ4v) is 5.69. The van der Waals surface area contributed by atoms with E-state index in [0.29, 0.717) is 28.5 Å². The minimum absolute atomic E-state index is 0.0163. The van der Waals surface area contributed by atoms with Crippen LogP contribution in [0, 0.1) is 5.82 Å². The van der Waals surface area contributed by atoms with Crippen molar-refractivity contribution in [2.75, 3.05) is 10.2 Å². The van der Waals surface area contributed by atoms with Gasteiger partial charge in [0.1, 0.15) is 11.5 Å². The lowest BCUT2D eigenvalue weighted by Gasteiger charge is -2.23. The lowest BCUT2D eigenvalue weighted by atomic mass is 9.94. The lowest BCUT2D eigenvalue weighted by Crippen LogP contribution is -2.26. The number of anilines is 3. The monoisotopic (exact) mass is 536 g/mol. The van der Waals surface area contributed by atoms with Crippen LogP contribution < -0.4 is 15.8 Å². The predicted molar refractivity (Wildman–Crippen MR) is 146 cm³/mol. The average Bonchev–Trinajstić information content (AvgIpc) is 3.58. The minimum atomic E-state index is -0.620. The molecule has 1 aliphatic rings. The molecule has 0 aliphatic carbocycles. The van der Waals surface area contributed by atoms with Crippen LogP contribution in [0.1, 0.15) is 53.4 Å². The molecule has 0 spiro atoms. The second kappa shape index (κ2) is 9.48. The third-order valence-electron chi connectivity index (χ3n) is 6.54. The molecule has 38 heavy (non-hydrogen) atoms. The number of hydrogen-bond donors (Lipinski definition) is 2. The van der Waals surface area contributed by atoms with Crippen LogP contribution in [0.15, 0.2) is 41.3 Å². The van der Waals surface area contributed by atoms with Crippen molar-refractivity contribution in [3.05, 3.63) is 73.6 Å². The molecule has 1 aromatic carbocycles. The normalized spacial score (nSPS) is 13.3. The maximum Gasteiger partial charge on any atom is 0.290 e. The highest BCUT2D eigenvalue weighted by molar-refractivity contribution is 7.14. The molecule has 0 fully saturated rings. The maximum atomic E-state index is 15.3. The van der Waals surface area contributed by atoms with Crippen LogP contribution in [0.4, 0.5) is 21.6 Å². The van der Waals surface area contributed by atoms with Gasteiger partial charge in [-0.05, 0) is 42.2 Å². The summed E-state index contributed by atoms with van der Waals surface area (Å²) in [4.78, 5) is 29.2. The number of rotatable bonds is 6. The van der Waals surface area contributed by atoms with Gasteiger partial charge in [-0.15, -0.1) is 11.3 Å². The number of thiophene rings is 1. The van der Waals surface area contributed by atoms with Crippen molar-refractivity contribution < 1.29 is 14.3 Å². The number of nitrogens with one attached hydrogen (secondary N) is 1. The van der Waals surface area contributed by atoms with E-state index in [9.17, 15) is 14.7 Å². The zero-order valence-corrected chi connectivity index (χ0v) is 22.7. The van der Waals surface area contributed by atoms with Gasteiger partial charge < -0.3 is 10.4 Å².